The highest BCUT2D eigenvalue weighted by Gasteiger charge is 2.16. The summed E-state index contributed by atoms with van der Waals surface area (Å²) < 4.78 is 40.5. The number of nitrogens with zero attached hydrogens (tertiary/aromatic N) is 1. The zero-order chi connectivity index (χ0) is 18.0. The maximum atomic E-state index is 13.9. The highest BCUT2D eigenvalue weighted by molar-refractivity contribution is 6.00. The number of aliphatic imine (C=N–C) groups is 1. The molecule has 0 spiro atoms. The van der Waals surface area contributed by atoms with E-state index in [0.717, 1.165) is 12.3 Å². The van der Waals surface area contributed by atoms with Crippen LogP contribution in [0.25, 0.3) is 0 Å². The van der Waals surface area contributed by atoms with Crippen molar-refractivity contribution in [2.24, 2.45) is 4.99 Å². The SMILES string of the molecule is C=C(CC)C(F)=CC(NC(=O)C(CF)=C(F)C=NCC)=C(C)C. The topological polar surface area (TPSA) is 41.5 Å². The van der Waals surface area contributed by atoms with Crippen molar-refractivity contribution >= 4 is 12.1 Å². The number of amides is 1. The van der Waals surface area contributed by atoms with E-state index in [4.69, 9.17) is 0 Å². The van der Waals surface area contributed by atoms with Crippen molar-refractivity contribution in [1.29, 1.82) is 0 Å². The van der Waals surface area contributed by atoms with Crippen LogP contribution in [-0.2, 0) is 4.79 Å². The van der Waals surface area contributed by atoms with Gasteiger partial charge >= 0.3 is 0 Å². The Morgan fingerprint density at radius 2 is 1.87 bits per heavy atom. The fourth-order valence-corrected chi connectivity index (χ4v) is 1.38. The van der Waals surface area contributed by atoms with E-state index < -0.39 is 29.8 Å². The molecule has 128 valence electrons. The summed E-state index contributed by atoms with van der Waals surface area (Å²) in [6.45, 7) is 9.26. The van der Waals surface area contributed by atoms with Gasteiger partial charge in [-0.25, -0.2) is 13.2 Å². The lowest BCUT2D eigenvalue weighted by Gasteiger charge is -2.10. The van der Waals surface area contributed by atoms with Crippen LogP contribution in [0.5, 0.6) is 0 Å². The lowest BCUT2D eigenvalue weighted by molar-refractivity contribution is -0.117. The fraction of sp³-hybridized carbons (Fsp3) is 0.412. The highest BCUT2D eigenvalue weighted by Crippen LogP contribution is 2.17. The molecule has 0 bridgehead atoms. The Balaban J connectivity index is 5.48. The first kappa shape index (κ1) is 20.9. The number of rotatable bonds is 8. The van der Waals surface area contributed by atoms with Crippen molar-refractivity contribution in [2.45, 2.75) is 34.1 Å². The van der Waals surface area contributed by atoms with Crippen LogP contribution in [-0.4, -0.2) is 25.3 Å². The molecule has 0 atom stereocenters. The van der Waals surface area contributed by atoms with Crippen LogP contribution in [0.4, 0.5) is 13.2 Å². The lowest BCUT2D eigenvalue weighted by atomic mass is 10.1. The molecular weight excluding hydrogens is 305 g/mol. The summed E-state index contributed by atoms with van der Waals surface area (Å²) in [5.74, 6) is -2.62. The van der Waals surface area contributed by atoms with E-state index >= 15 is 0 Å². The molecule has 1 N–H and O–H groups in total. The Kier molecular flexibility index (Phi) is 9.62. The molecule has 0 rings (SSSR count). The third-order valence-corrected chi connectivity index (χ3v) is 2.91. The van der Waals surface area contributed by atoms with Crippen molar-refractivity contribution in [1.82, 2.24) is 5.32 Å². The fourth-order valence-electron chi connectivity index (χ4n) is 1.38. The monoisotopic (exact) mass is 328 g/mol. The van der Waals surface area contributed by atoms with E-state index in [9.17, 15) is 18.0 Å². The van der Waals surface area contributed by atoms with E-state index in [1.54, 1.807) is 27.7 Å². The number of carbonyl (C=O) groups excluding carboxylic acids is 1. The van der Waals surface area contributed by atoms with Crippen LogP contribution in [0.2, 0.25) is 0 Å². The summed E-state index contributed by atoms with van der Waals surface area (Å²) in [7, 11) is 0. The number of nitrogens with one attached hydrogen (secondary N) is 1. The Hall–Kier alpha value is -2.11. The minimum atomic E-state index is -1.29. The smallest absolute Gasteiger partial charge is 0.257 e. The minimum Gasteiger partial charge on any atom is -0.322 e. The Morgan fingerprint density at radius 3 is 2.30 bits per heavy atom. The number of halogens is 3. The normalized spacial score (nSPS) is 12.9. The van der Waals surface area contributed by atoms with Crippen molar-refractivity contribution in [3.8, 4) is 0 Å². The second-order valence-corrected chi connectivity index (χ2v) is 4.91. The van der Waals surface area contributed by atoms with Gasteiger partial charge in [0.2, 0.25) is 0 Å². The molecule has 1 amide bonds. The Morgan fingerprint density at radius 1 is 1.26 bits per heavy atom. The third-order valence-electron chi connectivity index (χ3n) is 2.91. The highest BCUT2D eigenvalue weighted by atomic mass is 19.1. The van der Waals surface area contributed by atoms with Gasteiger partial charge in [0.1, 0.15) is 12.5 Å². The van der Waals surface area contributed by atoms with Crippen LogP contribution in [0.15, 0.2) is 51.7 Å². The van der Waals surface area contributed by atoms with Crippen LogP contribution < -0.4 is 5.32 Å². The molecule has 0 aromatic carbocycles. The van der Waals surface area contributed by atoms with E-state index in [1.807, 2.05) is 0 Å². The average molecular weight is 328 g/mol. The summed E-state index contributed by atoms with van der Waals surface area (Å²) in [5, 5.41) is 2.32. The van der Waals surface area contributed by atoms with Gasteiger partial charge in [-0.2, -0.15) is 0 Å². The van der Waals surface area contributed by atoms with Crippen molar-refractivity contribution in [2.75, 3.05) is 13.2 Å². The Bertz CT molecular complexity index is 568. The standard InChI is InChI=1S/C17H23F3N2O/c1-6-12(5)14(19)8-16(11(3)4)22-17(23)13(9-18)15(20)10-21-7-2/h8,10H,5-7,9H2,1-4H3,(H,22,23). The van der Waals surface area contributed by atoms with Gasteiger partial charge in [0.25, 0.3) is 5.91 Å². The minimum absolute atomic E-state index is 0.133. The summed E-state index contributed by atoms with van der Waals surface area (Å²) >= 11 is 0. The molecule has 0 fully saturated rings. The molecule has 6 heteroatoms. The van der Waals surface area contributed by atoms with Crippen molar-refractivity contribution in [3.63, 3.8) is 0 Å². The first-order valence-electron chi connectivity index (χ1n) is 7.26. The van der Waals surface area contributed by atoms with E-state index in [1.165, 1.54) is 0 Å². The molecule has 0 aliphatic heterocycles. The maximum Gasteiger partial charge on any atom is 0.257 e. The van der Waals surface area contributed by atoms with Gasteiger partial charge in [-0.15, -0.1) is 0 Å². The number of hydrogen-bond donors (Lipinski definition) is 1. The molecule has 23 heavy (non-hydrogen) atoms. The molecule has 0 heterocycles. The van der Waals surface area contributed by atoms with Gasteiger partial charge in [-0.3, -0.25) is 9.79 Å². The first-order chi connectivity index (χ1) is 10.8. The molecule has 0 aliphatic rings. The van der Waals surface area contributed by atoms with Gasteiger partial charge < -0.3 is 5.32 Å². The molecule has 0 aliphatic carbocycles. The molecule has 0 unspecified atom stereocenters. The van der Waals surface area contributed by atoms with E-state index in [2.05, 4.69) is 16.9 Å². The number of allylic oxidation sites excluding steroid dienone is 5. The zero-order valence-electron chi connectivity index (χ0n) is 14.0. The van der Waals surface area contributed by atoms with Gasteiger partial charge in [-0.1, -0.05) is 19.1 Å². The van der Waals surface area contributed by atoms with Crippen molar-refractivity contribution < 1.29 is 18.0 Å². The summed E-state index contributed by atoms with van der Waals surface area (Å²) in [6, 6.07) is 0. The number of carbonyl (C=O) groups is 1. The molecule has 0 saturated heterocycles. The largest absolute Gasteiger partial charge is 0.322 e. The number of hydrogen-bond acceptors (Lipinski definition) is 2. The predicted octanol–water partition coefficient (Wildman–Crippen LogP) is 4.50. The van der Waals surface area contributed by atoms with E-state index in [-0.39, 0.29) is 11.3 Å². The molecule has 0 aromatic rings. The molecule has 0 radical (unpaired) electrons. The average Bonchev–Trinajstić information content (AvgIpc) is 2.51. The maximum absolute atomic E-state index is 13.9. The predicted molar refractivity (Wildman–Crippen MR) is 88.3 cm³/mol. The number of alkyl halides is 1. The van der Waals surface area contributed by atoms with Gasteiger partial charge in [-0.05, 0) is 38.8 Å². The second-order valence-electron chi connectivity index (χ2n) is 4.91. The van der Waals surface area contributed by atoms with Gasteiger partial charge in [0.15, 0.2) is 5.83 Å². The lowest BCUT2D eigenvalue weighted by Crippen LogP contribution is -2.26. The van der Waals surface area contributed by atoms with Gasteiger partial charge in [0.05, 0.1) is 11.8 Å². The Labute approximate surface area is 135 Å². The summed E-state index contributed by atoms with van der Waals surface area (Å²) in [6.07, 6.45) is 2.29. The quantitative estimate of drug-likeness (QED) is 0.398. The van der Waals surface area contributed by atoms with Gasteiger partial charge in [0, 0.05) is 12.2 Å². The van der Waals surface area contributed by atoms with Crippen LogP contribution >= 0.6 is 0 Å². The summed E-state index contributed by atoms with van der Waals surface area (Å²) in [5.41, 5.74) is 0.288. The summed E-state index contributed by atoms with van der Waals surface area (Å²) in [4.78, 5) is 15.6. The molecule has 0 saturated carbocycles. The molecular formula is C17H23F3N2O. The molecule has 3 nitrogen and oxygen atoms in total. The first-order valence-corrected chi connectivity index (χ1v) is 7.26. The third kappa shape index (κ3) is 7.13. The van der Waals surface area contributed by atoms with Crippen LogP contribution in [0.3, 0.4) is 0 Å². The van der Waals surface area contributed by atoms with Crippen LogP contribution in [0, 0.1) is 0 Å². The second kappa shape index (κ2) is 10.6. The van der Waals surface area contributed by atoms with Crippen LogP contribution in [0.1, 0.15) is 34.1 Å². The van der Waals surface area contributed by atoms with E-state index in [0.29, 0.717) is 18.5 Å². The zero-order valence-corrected chi connectivity index (χ0v) is 14.0. The molecule has 0 aromatic heterocycles. The van der Waals surface area contributed by atoms with Crippen molar-refractivity contribution in [3.05, 3.63) is 46.7 Å².